The van der Waals surface area contributed by atoms with E-state index in [1.165, 1.54) is 12.1 Å². The first kappa shape index (κ1) is 10.8. The topological polar surface area (TPSA) is 0 Å². The quantitative estimate of drug-likeness (QED) is 0.627. The second-order valence-electron chi connectivity index (χ2n) is 4.06. The van der Waals surface area contributed by atoms with Crippen LogP contribution in [0.15, 0.2) is 41.3 Å². The molecule has 0 nitrogen and oxygen atoms in total. The van der Waals surface area contributed by atoms with Crippen LogP contribution in [0.2, 0.25) is 0 Å². The minimum Gasteiger partial charge on any atom is -0.207 e. The lowest BCUT2D eigenvalue weighted by atomic mass is 10.2. The molecule has 17 heavy (non-hydrogen) atoms. The Morgan fingerprint density at radius 2 is 1.76 bits per heavy atom. The van der Waals surface area contributed by atoms with Gasteiger partial charge in [-0.05, 0) is 34.9 Å². The summed E-state index contributed by atoms with van der Waals surface area (Å²) in [7, 11) is 0. The van der Waals surface area contributed by atoms with E-state index in [1.807, 2.05) is 6.07 Å². The van der Waals surface area contributed by atoms with Crippen LogP contribution in [0.1, 0.15) is 16.7 Å². The Labute approximate surface area is 103 Å². The Morgan fingerprint density at radius 1 is 0.941 bits per heavy atom. The van der Waals surface area contributed by atoms with Gasteiger partial charge in [0.05, 0.1) is 0 Å². The average molecular weight is 248 g/mol. The smallest absolute Gasteiger partial charge is 0.127 e. The van der Waals surface area contributed by atoms with Crippen molar-refractivity contribution >= 4 is 11.8 Å². The third-order valence-corrected chi connectivity index (χ3v) is 4.05. The molecule has 2 aromatic rings. The van der Waals surface area contributed by atoms with E-state index in [-0.39, 0.29) is 11.6 Å². The Kier molecular flexibility index (Phi) is 2.63. The molecule has 0 spiro atoms. The molecule has 0 saturated carbocycles. The highest BCUT2D eigenvalue weighted by Crippen LogP contribution is 2.40. The molecule has 86 valence electrons. The maximum Gasteiger partial charge on any atom is 0.127 e. The zero-order chi connectivity index (χ0) is 11.8. The number of halogens is 2. The summed E-state index contributed by atoms with van der Waals surface area (Å²) in [5.41, 5.74) is 2.60. The van der Waals surface area contributed by atoms with Crippen LogP contribution in [0.5, 0.6) is 0 Å². The summed E-state index contributed by atoms with van der Waals surface area (Å²) in [6.45, 7) is 0. The van der Waals surface area contributed by atoms with Gasteiger partial charge >= 0.3 is 0 Å². The van der Waals surface area contributed by atoms with Crippen LogP contribution in [0.25, 0.3) is 0 Å². The van der Waals surface area contributed by atoms with Gasteiger partial charge in [-0.25, -0.2) is 8.78 Å². The molecule has 0 radical (unpaired) electrons. The van der Waals surface area contributed by atoms with Gasteiger partial charge in [0.2, 0.25) is 0 Å². The van der Waals surface area contributed by atoms with Crippen LogP contribution in [0.4, 0.5) is 8.78 Å². The molecule has 0 N–H and O–H groups in total. The van der Waals surface area contributed by atoms with E-state index in [2.05, 4.69) is 0 Å². The van der Waals surface area contributed by atoms with Gasteiger partial charge in [0.1, 0.15) is 11.6 Å². The van der Waals surface area contributed by atoms with Crippen molar-refractivity contribution < 1.29 is 8.78 Å². The first-order chi connectivity index (χ1) is 8.25. The van der Waals surface area contributed by atoms with E-state index in [1.54, 1.807) is 30.0 Å². The van der Waals surface area contributed by atoms with Gasteiger partial charge in [0.15, 0.2) is 0 Å². The van der Waals surface area contributed by atoms with Crippen LogP contribution >= 0.6 is 11.8 Å². The first-order valence-electron chi connectivity index (χ1n) is 5.42. The summed E-state index contributed by atoms with van der Waals surface area (Å²) >= 11 is 1.57. The molecule has 1 aliphatic carbocycles. The molecule has 0 aromatic heterocycles. The number of fused-ring (bicyclic) bond motifs is 1. The van der Waals surface area contributed by atoms with Gasteiger partial charge in [-0.2, -0.15) is 0 Å². The molecule has 3 heteroatoms. The Bertz CT molecular complexity index is 578. The zero-order valence-electron chi connectivity index (χ0n) is 9.04. The number of hydrogen-bond acceptors (Lipinski definition) is 1. The molecule has 3 rings (SSSR count). The fourth-order valence-electron chi connectivity index (χ4n) is 1.85. The molecule has 0 saturated heterocycles. The molecule has 0 heterocycles. The van der Waals surface area contributed by atoms with Gasteiger partial charge < -0.3 is 0 Å². The highest BCUT2D eigenvalue weighted by Gasteiger charge is 2.25. The van der Waals surface area contributed by atoms with Crippen LogP contribution in [-0.2, 0) is 12.2 Å². The Balaban J connectivity index is 1.75. The van der Waals surface area contributed by atoms with Gasteiger partial charge in [0, 0.05) is 17.1 Å². The first-order valence-corrected chi connectivity index (χ1v) is 6.41. The highest BCUT2D eigenvalue weighted by atomic mass is 32.2. The van der Waals surface area contributed by atoms with Crippen molar-refractivity contribution in [2.45, 2.75) is 17.1 Å². The molecular weight excluding hydrogens is 238 g/mol. The van der Waals surface area contributed by atoms with Crippen molar-refractivity contribution in [2.75, 3.05) is 0 Å². The van der Waals surface area contributed by atoms with Crippen LogP contribution in [0, 0.1) is 11.6 Å². The lowest BCUT2D eigenvalue weighted by Crippen LogP contribution is -1.86. The Morgan fingerprint density at radius 3 is 2.59 bits per heavy atom. The molecule has 2 aromatic carbocycles. The van der Waals surface area contributed by atoms with Crippen molar-refractivity contribution in [1.82, 2.24) is 0 Å². The summed E-state index contributed by atoms with van der Waals surface area (Å²) in [5, 5.41) is 0. The predicted molar refractivity (Wildman–Crippen MR) is 65.2 cm³/mol. The maximum atomic E-state index is 13.4. The van der Waals surface area contributed by atoms with E-state index in [0.717, 1.165) is 22.4 Å². The van der Waals surface area contributed by atoms with Crippen molar-refractivity contribution in [3.63, 3.8) is 0 Å². The zero-order valence-corrected chi connectivity index (χ0v) is 9.86. The molecule has 0 amide bonds. The molecule has 0 unspecified atom stereocenters. The van der Waals surface area contributed by atoms with Crippen LogP contribution < -0.4 is 0 Å². The number of benzene rings is 2. The van der Waals surface area contributed by atoms with Gasteiger partial charge in [-0.15, -0.1) is 11.8 Å². The van der Waals surface area contributed by atoms with Crippen LogP contribution in [-0.4, -0.2) is 0 Å². The van der Waals surface area contributed by atoms with Crippen molar-refractivity contribution in [3.05, 3.63) is 64.7 Å². The SMILES string of the molecule is Fc1ccccc1CSc1ccc(F)c2c1C2. The molecule has 0 fully saturated rings. The summed E-state index contributed by atoms with van der Waals surface area (Å²) in [6.07, 6.45) is 0.748. The van der Waals surface area contributed by atoms with E-state index in [4.69, 9.17) is 0 Å². The summed E-state index contributed by atoms with van der Waals surface area (Å²) in [5.74, 6) is 0.295. The minimum atomic E-state index is -0.178. The van der Waals surface area contributed by atoms with Gasteiger partial charge in [-0.3, -0.25) is 0 Å². The van der Waals surface area contributed by atoms with Crippen molar-refractivity contribution in [2.24, 2.45) is 0 Å². The normalized spacial score (nSPS) is 12.4. The second-order valence-corrected chi connectivity index (χ2v) is 5.08. The molecular formula is C14H10F2S. The minimum absolute atomic E-state index is 0.116. The summed E-state index contributed by atoms with van der Waals surface area (Å²) in [6, 6.07) is 10.0. The van der Waals surface area contributed by atoms with E-state index in [0.29, 0.717) is 11.3 Å². The standard InChI is InChI=1S/C14H10F2S/c15-12-4-2-1-3-9(12)8-17-14-6-5-13(16)10-7-11(10)14/h1-6H,7-8H2. The fourth-order valence-corrected chi connectivity index (χ4v) is 2.93. The van der Waals surface area contributed by atoms with Gasteiger partial charge in [0.25, 0.3) is 0 Å². The molecule has 0 bridgehead atoms. The average Bonchev–Trinajstić information content (AvgIpc) is 3.11. The van der Waals surface area contributed by atoms with E-state index >= 15 is 0 Å². The third kappa shape index (κ3) is 2.07. The van der Waals surface area contributed by atoms with Crippen molar-refractivity contribution in [1.29, 1.82) is 0 Å². The fraction of sp³-hybridized carbons (Fsp3) is 0.143. The molecule has 0 aliphatic heterocycles. The predicted octanol–water partition coefficient (Wildman–Crippen LogP) is 4.16. The second kappa shape index (κ2) is 4.15. The summed E-state index contributed by atoms with van der Waals surface area (Å²) in [4.78, 5) is 1.07. The van der Waals surface area contributed by atoms with E-state index < -0.39 is 0 Å². The number of hydrogen-bond donors (Lipinski definition) is 0. The molecule has 0 atom stereocenters. The lowest BCUT2D eigenvalue weighted by Gasteiger charge is -2.03. The van der Waals surface area contributed by atoms with Crippen molar-refractivity contribution in [3.8, 4) is 0 Å². The Hall–Kier alpha value is -1.35. The van der Waals surface area contributed by atoms with Crippen LogP contribution in [0.3, 0.4) is 0 Å². The lowest BCUT2D eigenvalue weighted by molar-refractivity contribution is 0.617. The number of rotatable bonds is 3. The monoisotopic (exact) mass is 248 g/mol. The maximum absolute atomic E-state index is 13.4. The highest BCUT2D eigenvalue weighted by molar-refractivity contribution is 7.98. The number of thioether (sulfide) groups is 1. The summed E-state index contributed by atoms with van der Waals surface area (Å²) < 4.78 is 26.5. The third-order valence-electron chi connectivity index (χ3n) is 2.90. The van der Waals surface area contributed by atoms with E-state index in [9.17, 15) is 8.78 Å². The van der Waals surface area contributed by atoms with Gasteiger partial charge in [-0.1, -0.05) is 18.2 Å². The molecule has 1 aliphatic rings. The largest absolute Gasteiger partial charge is 0.207 e.